The van der Waals surface area contributed by atoms with Gasteiger partial charge in [-0.1, -0.05) is 24.3 Å². The molecule has 27 heavy (non-hydrogen) atoms. The largest absolute Gasteiger partial charge is 0.479 e. The molecule has 0 amide bonds. The van der Waals surface area contributed by atoms with Crippen molar-refractivity contribution in [1.82, 2.24) is 9.55 Å². The minimum atomic E-state index is -1.03. The summed E-state index contributed by atoms with van der Waals surface area (Å²) >= 11 is 0. The highest BCUT2D eigenvalue weighted by molar-refractivity contribution is 5.72. The molecular weight excluding hydrogens is 346 g/mol. The SMILES string of the molecule is NCCOC(Cc1cn(-c2cccc(Oc3ccccc3)c2)cn1)C(=O)O. The molecule has 1 aromatic heterocycles. The van der Waals surface area contributed by atoms with Gasteiger partial charge in [-0.15, -0.1) is 0 Å². The number of benzene rings is 2. The Morgan fingerprint density at radius 1 is 1.15 bits per heavy atom. The van der Waals surface area contributed by atoms with Crippen molar-refractivity contribution in [3.63, 3.8) is 0 Å². The van der Waals surface area contributed by atoms with Crippen LogP contribution < -0.4 is 10.5 Å². The Morgan fingerprint density at radius 3 is 2.67 bits per heavy atom. The van der Waals surface area contributed by atoms with Crippen LogP contribution in [0, 0.1) is 0 Å². The monoisotopic (exact) mass is 367 g/mol. The number of hydrogen-bond acceptors (Lipinski definition) is 5. The maximum atomic E-state index is 11.3. The number of hydrogen-bond donors (Lipinski definition) is 2. The van der Waals surface area contributed by atoms with Gasteiger partial charge in [-0.2, -0.15) is 0 Å². The molecule has 3 N–H and O–H groups in total. The lowest BCUT2D eigenvalue weighted by Gasteiger charge is -2.11. The zero-order valence-electron chi connectivity index (χ0n) is 14.7. The number of rotatable bonds is 9. The summed E-state index contributed by atoms with van der Waals surface area (Å²) in [6.45, 7) is 0.461. The van der Waals surface area contributed by atoms with Gasteiger partial charge in [0.05, 0.1) is 24.3 Å². The van der Waals surface area contributed by atoms with Crippen LogP contribution in [-0.2, 0) is 16.0 Å². The van der Waals surface area contributed by atoms with Crippen LogP contribution in [0.15, 0.2) is 67.1 Å². The third-order valence-corrected chi connectivity index (χ3v) is 3.84. The van der Waals surface area contributed by atoms with E-state index in [2.05, 4.69) is 4.98 Å². The van der Waals surface area contributed by atoms with Crippen LogP contribution in [0.25, 0.3) is 5.69 Å². The van der Waals surface area contributed by atoms with E-state index in [1.165, 1.54) is 0 Å². The molecule has 0 aliphatic rings. The van der Waals surface area contributed by atoms with E-state index in [4.69, 9.17) is 15.2 Å². The van der Waals surface area contributed by atoms with Crippen LogP contribution in [0.2, 0.25) is 0 Å². The molecule has 3 rings (SSSR count). The third kappa shape index (κ3) is 5.16. The van der Waals surface area contributed by atoms with E-state index >= 15 is 0 Å². The lowest BCUT2D eigenvalue weighted by atomic mass is 10.2. The predicted molar refractivity (Wildman–Crippen MR) is 100 cm³/mol. The van der Waals surface area contributed by atoms with Gasteiger partial charge in [0.1, 0.15) is 11.5 Å². The van der Waals surface area contributed by atoms with Gasteiger partial charge in [-0.05, 0) is 24.3 Å². The van der Waals surface area contributed by atoms with Crippen LogP contribution in [0.4, 0.5) is 0 Å². The molecule has 1 heterocycles. The molecule has 7 heteroatoms. The molecule has 0 fully saturated rings. The fourth-order valence-electron chi connectivity index (χ4n) is 2.56. The molecule has 2 aromatic carbocycles. The Balaban J connectivity index is 1.72. The van der Waals surface area contributed by atoms with Crippen molar-refractivity contribution in [2.45, 2.75) is 12.5 Å². The van der Waals surface area contributed by atoms with Gasteiger partial charge in [0, 0.05) is 25.2 Å². The van der Waals surface area contributed by atoms with Crippen molar-refractivity contribution >= 4 is 5.97 Å². The first-order valence-electron chi connectivity index (χ1n) is 8.56. The van der Waals surface area contributed by atoms with Gasteiger partial charge in [0.2, 0.25) is 0 Å². The number of para-hydroxylation sites is 1. The smallest absolute Gasteiger partial charge is 0.333 e. The van der Waals surface area contributed by atoms with Crippen LogP contribution in [0.3, 0.4) is 0 Å². The van der Waals surface area contributed by atoms with E-state index in [1.807, 2.05) is 59.2 Å². The average molecular weight is 367 g/mol. The van der Waals surface area contributed by atoms with E-state index in [0.29, 0.717) is 11.4 Å². The van der Waals surface area contributed by atoms with Gasteiger partial charge in [-0.3, -0.25) is 0 Å². The number of aromatic nitrogens is 2. The molecule has 3 aromatic rings. The highest BCUT2D eigenvalue weighted by atomic mass is 16.5. The molecule has 1 atom stereocenters. The van der Waals surface area contributed by atoms with Gasteiger partial charge < -0.3 is 24.9 Å². The minimum absolute atomic E-state index is 0.169. The Morgan fingerprint density at radius 2 is 1.93 bits per heavy atom. The number of carboxylic acid groups (broad SMARTS) is 1. The van der Waals surface area contributed by atoms with E-state index in [0.717, 1.165) is 11.4 Å². The second-order valence-electron chi connectivity index (χ2n) is 5.88. The number of aliphatic carboxylic acids is 1. The van der Waals surface area contributed by atoms with Crippen molar-refractivity contribution in [2.24, 2.45) is 5.73 Å². The molecule has 0 radical (unpaired) electrons. The molecule has 0 saturated carbocycles. The number of nitrogens with two attached hydrogens (primary N) is 1. The number of carbonyl (C=O) groups is 1. The first-order valence-corrected chi connectivity index (χ1v) is 8.56. The molecule has 1 unspecified atom stereocenters. The van der Waals surface area contributed by atoms with E-state index in [9.17, 15) is 9.90 Å². The van der Waals surface area contributed by atoms with Crippen LogP contribution >= 0.6 is 0 Å². The summed E-state index contributed by atoms with van der Waals surface area (Å²) < 4.78 is 12.9. The van der Waals surface area contributed by atoms with Gasteiger partial charge in [0.15, 0.2) is 6.10 Å². The first-order chi connectivity index (χ1) is 13.2. The molecule has 0 bridgehead atoms. The summed E-state index contributed by atoms with van der Waals surface area (Å²) in [4.78, 5) is 15.6. The van der Waals surface area contributed by atoms with Crippen LogP contribution in [0.5, 0.6) is 11.5 Å². The van der Waals surface area contributed by atoms with Crippen molar-refractivity contribution in [1.29, 1.82) is 0 Å². The molecular formula is C20H21N3O4. The average Bonchev–Trinajstić information content (AvgIpc) is 3.15. The van der Waals surface area contributed by atoms with E-state index < -0.39 is 12.1 Å². The lowest BCUT2D eigenvalue weighted by molar-refractivity contribution is -0.150. The van der Waals surface area contributed by atoms with Crippen molar-refractivity contribution in [2.75, 3.05) is 13.2 Å². The Bertz CT molecular complexity index is 880. The molecule has 0 saturated heterocycles. The van der Waals surface area contributed by atoms with Crippen LogP contribution in [0.1, 0.15) is 5.69 Å². The summed E-state index contributed by atoms with van der Waals surface area (Å²) in [6, 6.07) is 17.1. The topological polar surface area (TPSA) is 99.6 Å². The molecule has 140 valence electrons. The molecule has 0 spiro atoms. The maximum Gasteiger partial charge on any atom is 0.333 e. The number of imidazole rings is 1. The summed E-state index contributed by atoms with van der Waals surface area (Å²) in [6.07, 6.45) is 2.62. The zero-order valence-corrected chi connectivity index (χ0v) is 14.7. The van der Waals surface area contributed by atoms with Crippen molar-refractivity contribution in [3.05, 3.63) is 72.8 Å². The summed E-state index contributed by atoms with van der Waals surface area (Å²) in [7, 11) is 0. The lowest BCUT2D eigenvalue weighted by Crippen LogP contribution is -2.28. The highest BCUT2D eigenvalue weighted by Crippen LogP contribution is 2.23. The number of ether oxygens (including phenoxy) is 2. The summed E-state index contributed by atoms with van der Waals surface area (Å²) in [5, 5.41) is 9.24. The normalized spacial score (nSPS) is 11.9. The van der Waals surface area contributed by atoms with Crippen LogP contribution in [-0.4, -0.2) is 39.9 Å². The van der Waals surface area contributed by atoms with Gasteiger partial charge >= 0.3 is 5.97 Å². The second kappa shape index (κ2) is 8.98. The standard InChI is InChI=1S/C20H21N3O4/c21-9-10-26-19(20(24)25)11-15-13-23(14-22-15)16-5-4-8-18(12-16)27-17-6-2-1-3-7-17/h1-8,12-14,19H,9-11,21H2,(H,24,25). The van der Waals surface area contributed by atoms with Gasteiger partial charge in [0.25, 0.3) is 0 Å². The number of nitrogens with zero attached hydrogens (tertiary/aromatic N) is 2. The maximum absolute atomic E-state index is 11.3. The summed E-state index contributed by atoms with van der Waals surface area (Å²) in [5.41, 5.74) is 6.85. The van der Waals surface area contributed by atoms with Crippen molar-refractivity contribution < 1.29 is 19.4 Å². The molecule has 0 aliphatic heterocycles. The Kier molecular flexibility index (Phi) is 6.19. The van der Waals surface area contributed by atoms with E-state index in [1.54, 1.807) is 12.5 Å². The Hall–Kier alpha value is -3.16. The first kappa shape index (κ1) is 18.6. The fraction of sp³-hybridized carbons (Fsp3) is 0.200. The van der Waals surface area contributed by atoms with Crippen molar-refractivity contribution in [3.8, 4) is 17.2 Å². The molecule has 7 nitrogen and oxygen atoms in total. The molecule has 0 aliphatic carbocycles. The Labute approximate surface area is 157 Å². The predicted octanol–water partition coefficient (Wildman–Crippen LogP) is 2.64. The summed E-state index contributed by atoms with van der Waals surface area (Å²) in [5.74, 6) is 0.419. The van der Waals surface area contributed by atoms with E-state index in [-0.39, 0.29) is 19.6 Å². The second-order valence-corrected chi connectivity index (χ2v) is 5.88. The fourth-order valence-corrected chi connectivity index (χ4v) is 2.56. The third-order valence-electron chi connectivity index (χ3n) is 3.84. The quantitative estimate of drug-likeness (QED) is 0.603. The van der Waals surface area contributed by atoms with Gasteiger partial charge in [-0.25, -0.2) is 9.78 Å². The minimum Gasteiger partial charge on any atom is -0.479 e. The number of carboxylic acids is 1. The zero-order chi connectivity index (χ0) is 19.1. The highest BCUT2D eigenvalue weighted by Gasteiger charge is 2.19.